The zero-order chi connectivity index (χ0) is 15.1. The summed E-state index contributed by atoms with van der Waals surface area (Å²) in [5, 5.41) is 0. The minimum Gasteiger partial charge on any atom is -0.390 e. The first-order chi connectivity index (χ1) is 10.0. The van der Waals surface area contributed by atoms with Crippen LogP contribution < -0.4 is 4.57 Å². The maximum absolute atomic E-state index is 12.7. The molecule has 1 aromatic rings. The molecular weight excluding hydrogens is 272 g/mol. The van der Waals surface area contributed by atoms with E-state index in [0.29, 0.717) is 24.2 Å². The van der Waals surface area contributed by atoms with Gasteiger partial charge in [-0.15, -0.1) is 0 Å². The quantitative estimate of drug-likeness (QED) is 0.624. The monoisotopic (exact) mass is 291 g/mol. The molecule has 1 saturated heterocycles. The van der Waals surface area contributed by atoms with Crippen LogP contribution in [0.5, 0.6) is 0 Å². The van der Waals surface area contributed by atoms with E-state index in [1.807, 2.05) is 6.92 Å². The van der Waals surface area contributed by atoms with Gasteiger partial charge in [-0.1, -0.05) is 19.8 Å². The van der Waals surface area contributed by atoms with Crippen LogP contribution in [-0.4, -0.2) is 41.2 Å². The Labute approximate surface area is 122 Å². The van der Waals surface area contributed by atoms with Gasteiger partial charge in [0.15, 0.2) is 0 Å². The maximum Gasteiger partial charge on any atom is 0.506 e. The molecule has 0 aromatic carbocycles. The van der Waals surface area contributed by atoms with Gasteiger partial charge in [0.05, 0.1) is 0 Å². The fourth-order valence-corrected chi connectivity index (χ4v) is 2.76. The number of likely N-dealkylation sites (N-methyl/N-ethyl adjacent to an activating group) is 1. The summed E-state index contributed by atoms with van der Waals surface area (Å²) in [6.07, 6.45) is 4.61. The van der Waals surface area contributed by atoms with Crippen molar-refractivity contribution in [1.29, 1.82) is 0 Å². The molecular formula is C14H19N4O3+. The predicted molar refractivity (Wildman–Crippen MR) is 74.2 cm³/mol. The second-order valence-corrected chi connectivity index (χ2v) is 5.44. The Morgan fingerprint density at radius 1 is 1.38 bits per heavy atom. The van der Waals surface area contributed by atoms with E-state index < -0.39 is 6.04 Å². The summed E-state index contributed by atoms with van der Waals surface area (Å²) >= 11 is 0. The highest BCUT2D eigenvalue weighted by Gasteiger charge is 2.54. The Morgan fingerprint density at radius 2 is 2.14 bits per heavy atom. The number of nitrogens with zero attached hydrogens (tertiary/aromatic N) is 4. The lowest BCUT2D eigenvalue weighted by atomic mass is 10.1. The van der Waals surface area contributed by atoms with Crippen molar-refractivity contribution in [2.24, 2.45) is 4.99 Å². The smallest absolute Gasteiger partial charge is 0.390 e. The van der Waals surface area contributed by atoms with E-state index in [9.17, 15) is 9.59 Å². The van der Waals surface area contributed by atoms with Crippen molar-refractivity contribution in [2.75, 3.05) is 13.6 Å². The van der Waals surface area contributed by atoms with Crippen LogP contribution in [0.3, 0.4) is 0 Å². The summed E-state index contributed by atoms with van der Waals surface area (Å²) < 4.78 is 7.15. The molecule has 7 heteroatoms. The molecule has 3 rings (SSSR count). The lowest BCUT2D eigenvalue weighted by Crippen LogP contribution is -2.62. The van der Waals surface area contributed by atoms with Gasteiger partial charge in [0.1, 0.15) is 12.0 Å². The Kier molecular flexibility index (Phi) is 3.27. The number of carbonyl (C=O) groups is 2. The lowest BCUT2D eigenvalue weighted by molar-refractivity contribution is -0.679. The molecule has 1 unspecified atom stereocenters. The number of oxazole rings is 1. The molecule has 1 fully saturated rings. The molecule has 1 aromatic heterocycles. The summed E-state index contributed by atoms with van der Waals surface area (Å²) in [6, 6.07) is -0.522. The third-order valence-corrected chi connectivity index (χ3v) is 3.87. The van der Waals surface area contributed by atoms with Crippen molar-refractivity contribution in [2.45, 2.75) is 39.2 Å². The van der Waals surface area contributed by atoms with E-state index in [2.05, 4.69) is 11.9 Å². The number of urea groups is 1. The first-order valence-corrected chi connectivity index (χ1v) is 7.23. The fourth-order valence-electron chi connectivity index (χ4n) is 2.76. The molecule has 3 amide bonds. The second-order valence-electron chi connectivity index (χ2n) is 5.44. The molecule has 3 heterocycles. The summed E-state index contributed by atoms with van der Waals surface area (Å²) in [6.45, 7) is 4.35. The standard InChI is InChI=1S/C14H19N4O3/c1-4-5-6-7-17-12(19)10-11(16(3)14(17)20)15-13-18(10)8-9(2)21-13/h8,10H,4-7H2,1-3H3/q+1. The van der Waals surface area contributed by atoms with Gasteiger partial charge in [0.2, 0.25) is 0 Å². The first kappa shape index (κ1) is 13.8. The van der Waals surface area contributed by atoms with Gasteiger partial charge < -0.3 is 4.42 Å². The third kappa shape index (κ3) is 2.03. The highest BCUT2D eigenvalue weighted by molar-refractivity contribution is 6.18. The van der Waals surface area contributed by atoms with Crippen molar-refractivity contribution in [3.63, 3.8) is 0 Å². The van der Waals surface area contributed by atoms with E-state index in [1.165, 1.54) is 9.80 Å². The van der Waals surface area contributed by atoms with E-state index in [-0.39, 0.29) is 11.9 Å². The molecule has 0 saturated carbocycles. The number of hydrogen-bond acceptors (Lipinski definition) is 4. The van der Waals surface area contributed by atoms with E-state index in [1.54, 1.807) is 17.8 Å². The van der Waals surface area contributed by atoms with Gasteiger partial charge in [-0.3, -0.25) is 14.6 Å². The van der Waals surface area contributed by atoms with Gasteiger partial charge in [-0.05, 0) is 13.3 Å². The SMILES string of the molecule is CCCCCN1C(=O)C2C(=Nc3oc(C)c[n+]32)N(C)C1=O. The van der Waals surface area contributed by atoms with Gasteiger partial charge in [-0.2, -0.15) is 4.57 Å². The van der Waals surface area contributed by atoms with Gasteiger partial charge in [0.25, 0.3) is 17.8 Å². The van der Waals surface area contributed by atoms with Crippen molar-refractivity contribution in [3.05, 3.63) is 12.0 Å². The number of imide groups is 1. The van der Waals surface area contributed by atoms with Crippen LogP contribution in [0.15, 0.2) is 15.6 Å². The normalized spacial score (nSPS) is 20.7. The molecule has 0 aliphatic carbocycles. The van der Waals surface area contributed by atoms with E-state index in [0.717, 1.165) is 19.3 Å². The van der Waals surface area contributed by atoms with Gasteiger partial charge >= 0.3 is 12.0 Å². The number of aliphatic imine (C=N–C) groups is 1. The largest absolute Gasteiger partial charge is 0.506 e. The lowest BCUT2D eigenvalue weighted by Gasteiger charge is -2.31. The number of hydrogen-bond donors (Lipinski definition) is 0. The molecule has 1 atom stereocenters. The van der Waals surface area contributed by atoms with Crippen molar-refractivity contribution in [1.82, 2.24) is 9.80 Å². The Morgan fingerprint density at radius 3 is 2.86 bits per heavy atom. The molecule has 21 heavy (non-hydrogen) atoms. The molecule has 2 aliphatic heterocycles. The molecule has 0 radical (unpaired) electrons. The number of rotatable bonds is 4. The molecule has 0 bridgehead atoms. The number of aromatic nitrogens is 1. The highest BCUT2D eigenvalue weighted by Crippen LogP contribution is 2.28. The third-order valence-electron chi connectivity index (χ3n) is 3.87. The number of amides is 3. The Bertz CT molecular complexity index is 634. The zero-order valence-corrected chi connectivity index (χ0v) is 12.5. The van der Waals surface area contributed by atoms with Crippen LogP contribution in [0.25, 0.3) is 0 Å². The Hall–Kier alpha value is -2.18. The minimum absolute atomic E-state index is 0.225. The average molecular weight is 291 g/mol. The van der Waals surface area contributed by atoms with Crippen LogP contribution in [-0.2, 0) is 4.79 Å². The summed E-state index contributed by atoms with van der Waals surface area (Å²) in [4.78, 5) is 32.0. The van der Waals surface area contributed by atoms with E-state index in [4.69, 9.17) is 4.42 Å². The zero-order valence-electron chi connectivity index (χ0n) is 12.5. The summed E-state index contributed by atoms with van der Waals surface area (Å²) in [5.74, 6) is 0.908. The average Bonchev–Trinajstić information content (AvgIpc) is 2.96. The van der Waals surface area contributed by atoms with E-state index >= 15 is 0 Å². The number of unbranched alkanes of at least 4 members (excludes halogenated alkanes) is 2. The molecule has 0 N–H and O–H groups in total. The fraction of sp³-hybridized carbons (Fsp3) is 0.571. The highest BCUT2D eigenvalue weighted by atomic mass is 16.4. The summed E-state index contributed by atoms with van der Waals surface area (Å²) in [5.41, 5.74) is 0. The van der Waals surface area contributed by atoms with Crippen LogP contribution in [0, 0.1) is 6.92 Å². The Balaban J connectivity index is 1.91. The molecule has 0 spiro atoms. The number of amidine groups is 1. The maximum atomic E-state index is 12.7. The van der Waals surface area contributed by atoms with Gasteiger partial charge in [-0.25, -0.2) is 4.79 Å². The van der Waals surface area contributed by atoms with Crippen molar-refractivity contribution < 1.29 is 18.6 Å². The van der Waals surface area contributed by atoms with Crippen molar-refractivity contribution in [3.8, 4) is 0 Å². The van der Waals surface area contributed by atoms with Crippen LogP contribution >= 0.6 is 0 Å². The van der Waals surface area contributed by atoms with Crippen molar-refractivity contribution >= 4 is 23.8 Å². The molecule has 112 valence electrons. The summed E-state index contributed by atoms with van der Waals surface area (Å²) in [7, 11) is 1.65. The minimum atomic E-state index is -0.582. The number of fused-ring (bicyclic) bond motifs is 3. The van der Waals surface area contributed by atoms with Gasteiger partial charge in [0, 0.05) is 18.6 Å². The molecule has 2 aliphatic rings. The van der Waals surface area contributed by atoms with Crippen LogP contribution in [0.2, 0.25) is 0 Å². The first-order valence-electron chi connectivity index (χ1n) is 7.23. The second kappa shape index (κ2) is 4.98. The topological polar surface area (TPSA) is 70.0 Å². The number of carbonyl (C=O) groups excluding carboxylic acids is 2. The van der Waals surface area contributed by atoms with Crippen LogP contribution in [0.4, 0.5) is 10.8 Å². The van der Waals surface area contributed by atoms with Crippen LogP contribution in [0.1, 0.15) is 38.0 Å². The predicted octanol–water partition coefficient (Wildman–Crippen LogP) is 1.54. The molecule has 7 nitrogen and oxygen atoms in total. The number of aryl methyl sites for hydroxylation is 1.